The summed E-state index contributed by atoms with van der Waals surface area (Å²) in [7, 11) is 0. The van der Waals surface area contributed by atoms with Crippen LogP contribution in [0.1, 0.15) is 32.6 Å². The van der Waals surface area contributed by atoms with Gasteiger partial charge >= 0.3 is 11.8 Å². The predicted molar refractivity (Wildman–Crippen MR) is 69.0 cm³/mol. The van der Waals surface area contributed by atoms with Gasteiger partial charge in [-0.15, -0.1) is 0 Å². The Morgan fingerprint density at radius 1 is 1.22 bits per heavy atom. The fraction of sp³-hybridized carbons (Fsp3) is 0.846. The summed E-state index contributed by atoms with van der Waals surface area (Å²) in [6, 6.07) is 0. The Hall–Kier alpha value is -1.10. The van der Waals surface area contributed by atoms with Crippen molar-refractivity contribution in [3.05, 3.63) is 0 Å². The summed E-state index contributed by atoms with van der Waals surface area (Å²) >= 11 is 0. The molecule has 5 nitrogen and oxygen atoms in total. The maximum absolute atomic E-state index is 12.0. The number of hydrogen-bond donors (Lipinski definition) is 2. The van der Waals surface area contributed by atoms with Crippen molar-refractivity contribution in [2.45, 2.75) is 32.6 Å². The van der Waals surface area contributed by atoms with Crippen molar-refractivity contribution >= 4 is 11.8 Å². The van der Waals surface area contributed by atoms with E-state index in [1.165, 1.54) is 6.42 Å². The van der Waals surface area contributed by atoms with Crippen LogP contribution >= 0.6 is 0 Å². The molecule has 18 heavy (non-hydrogen) atoms. The molecule has 2 amide bonds. The van der Waals surface area contributed by atoms with E-state index in [1.807, 2.05) is 0 Å². The van der Waals surface area contributed by atoms with Gasteiger partial charge in [-0.3, -0.25) is 9.59 Å². The second-order valence-electron chi connectivity index (χ2n) is 5.74. The summed E-state index contributed by atoms with van der Waals surface area (Å²) in [6.45, 7) is 5.79. The maximum atomic E-state index is 12.0. The minimum atomic E-state index is -0.440. The quantitative estimate of drug-likeness (QED) is 0.687. The molecular formula is C13H23N3O2. The lowest BCUT2D eigenvalue weighted by molar-refractivity contribution is -0.146. The maximum Gasteiger partial charge on any atom is 0.311 e. The van der Waals surface area contributed by atoms with E-state index in [2.05, 4.69) is 17.6 Å². The number of nitrogens with zero attached hydrogens (tertiary/aromatic N) is 1. The van der Waals surface area contributed by atoms with Crippen molar-refractivity contribution in [3.8, 4) is 0 Å². The molecule has 0 radical (unpaired) electrons. The lowest BCUT2D eigenvalue weighted by Crippen LogP contribution is -2.48. The highest BCUT2D eigenvalue weighted by molar-refractivity contribution is 6.35. The second-order valence-corrected chi connectivity index (χ2v) is 5.74. The van der Waals surface area contributed by atoms with Crippen LogP contribution in [0.3, 0.4) is 0 Å². The molecule has 102 valence electrons. The molecule has 2 rings (SSSR count). The molecule has 0 aromatic carbocycles. The zero-order chi connectivity index (χ0) is 13.0. The summed E-state index contributed by atoms with van der Waals surface area (Å²) in [5.74, 6) is -0.813. The van der Waals surface area contributed by atoms with Gasteiger partial charge in [-0.2, -0.15) is 0 Å². The van der Waals surface area contributed by atoms with E-state index in [4.69, 9.17) is 0 Å². The van der Waals surface area contributed by atoms with Crippen LogP contribution in [0.25, 0.3) is 0 Å². The van der Waals surface area contributed by atoms with Crippen LogP contribution < -0.4 is 10.6 Å². The van der Waals surface area contributed by atoms with Crippen LogP contribution in [-0.4, -0.2) is 49.4 Å². The molecule has 0 bridgehead atoms. The van der Waals surface area contributed by atoms with Gasteiger partial charge in [-0.05, 0) is 31.2 Å². The Morgan fingerprint density at radius 2 is 2.00 bits per heavy atom. The van der Waals surface area contributed by atoms with E-state index in [0.29, 0.717) is 19.6 Å². The summed E-state index contributed by atoms with van der Waals surface area (Å²) in [5.41, 5.74) is 0.219. The molecule has 0 atom stereocenters. The molecule has 5 heteroatoms. The molecule has 1 saturated heterocycles. The molecule has 0 aromatic rings. The van der Waals surface area contributed by atoms with Gasteiger partial charge in [0.2, 0.25) is 0 Å². The van der Waals surface area contributed by atoms with Crippen molar-refractivity contribution in [1.82, 2.24) is 15.5 Å². The Labute approximate surface area is 108 Å². The van der Waals surface area contributed by atoms with Gasteiger partial charge in [-0.25, -0.2) is 0 Å². The van der Waals surface area contributed by atoms with Crippen LogP contribution in [0, 0.1) is 5.41 Å². The van der Waals surface area contributed by atoms with Crippen molar-refractivity contribution in [2.24, 2.45) is 5.41 Å². The number of carbonyl (C=O) groups excluding carboxylic acids is 2. The van der Waals surface area contributed by atoms with Crippen LogP contribution in [0.4, 0.5) is 0 Å². The van der Waals surface area contributed by atoms with E-state index in [1.54, 1.807) is 4.90 Å². The van der Waals surface area contributed by atoms with E-state index < -0.39 is 5.91 Å². The number of amides is 2. The van der Waals surface area contributed by atoms with E-state index in [9.17, 15) is 9.59 Å². The monoisotopic (exact) mass is 253 g/mol. The van der Waals surface area contributed by atoms with Gasteiger partial charge in [0.1, 0.15) is 0 Å². The van der Waals surface area contributed by atoms with Crippen LogP contribution in [0.5, 0.6) is 0 Å². The number of carbonyl (C=O) groups is 2. The van der Waals surface area contributed by atoms with Gasteiger partial charge in [0.05, 0.1) is 0 Å². The topological polar surface area (TPSA) is 61.4 Å². The van der Waals surface area contributed by atoms with Crippen LogP contribution in [0.15, 0.2) is 0 Å². The first kappa shape index (κ1) is 13.3. The second kappa shape index (κ2) is 5.69. The van der Waals surface area contributed by atoms with Crippen molar-refractivity contribution in [1.29, 1.82) is 0 Å². The highest BCUT2D eigenvalue weighted by Crippen LogP contribution is 2.39. The molecule has 2 N–H and O–H groups in total. The molecule has 0 aromatic heterocycles. The van der Waals surface area contributed by atoms with Gasteiger partial charge in [0, 0.05) is 26.2 Å². The van der Waals surface area contributed by atoms with Gasteiger partial charge in [0.15, 0.2) is 0 Å². The van der Waals surface area contributed by atoms with Crippen LogP contribution in [0.2, 0.25) is 0 Å². The zero-order valence-corrected chi connectivity index (χ0v) is 11.1. The largest absolute Gasteiger partial charge is 0.347 e. The molecule has 1 aliphatic heterocycles. The molecule has 2 aliphatic rings. The standard InChI is InChI=1S/C13H23N3O2/c1-13(4-2-5-13)10-15-11(17)12(18)16-8-3-6-14-7-9-16/h14H,2-10H2,1H3,(H,15,17). The van der Waals surface area contributed by atoms with Gasteiger partial charge < -0.3 is 15.5 Å². The number of nitrogens with one attached hydrogen (secondary N) is 2. The molecule has 1 saturated carbocycles. The van der Waals surface area contributed by atoms with Crippen molar-refractivity contribution in [3.63, 3.8) is 0 Å². The highest BCUT2D eigenvalue weighted by atomic mass is 16.2. The molecule has 1 aliphatic carbocycles. The third-order valence-electron chi connectivity index (χ3n) is 4.06. The predicted octanol–water partition coefficient (Wildman–Crippen LogP) is 0.115. The molecular weight excluding hydrogens is 230 g/mol. The van der Waals surface area contributed by atoms with Crippen LogP contribution in [-0.2, 0) is 9.59 Å². The van der Waals surface area contributed by atoms with Gasteiger partial charge in [-0.1, -0.05) is 13.3 Å². The fourth-order valence-electron chi connectivity index (χ4n) is 2.52. The molecule has 1 heterocycles. The SMILES string of the molecule is CC1(CNC(=O)C(=O)N2CCCNCC2)CCC1. The number of rotatable bonds is 2. The molecule has 2 fully saturated rings. The van der Waals surface area contributed by atoms with E-state index in [0.717, 1.165) is 32.4 Å². The zero-order valence-electron chi connectivity index (χ0n) is 11.1. The lowest BCUT2D eigenvalue weighted by Gasteiger charge is -2.38. The minimum Gasteiger partial charge on any atom is -0.347 e. The Kier molecular flexibility index (Phi) is 4.22. The Morgan fingerprint density at radius 3 is 2.67 bits per heavy atom. The van der Waals surface area contributed by atoms with E-state index >= 15 is 0 Å². The lowest BCUT2D eigenvalue weighted by atomic mass is 9.70. The Bertz CT molecular complexity index is 318. The first-order chi connectivity index (χ1) is 8.61. The summed E-state index contributed by atoms with van der Waals surface area (Å²) < 4.78 is 0. The smallest absolute Gasteiger partial charge is 0.311 e. The summed E-state index contributed by atoms with van der Waals surface area (Å²) in [6.07, 6.45) is 4.44. The summed E-state index contributed by atoms with van der Waals surface area (Å²) in [4.78, 5) is 25.4. The van der Waals surface area contributed by atoms with Crippen molar-refractivity contribution in [2.75, 3.05) is 32.7 Å². The average molecular weight is 253 g/mol. The van der Waals surface area contributed by atoms with Crippen molar-refractivity contribution < 1.29 is 9.59 Å². The third kappa shape index (κ3) is 3.22. The average Bonchev–Trinajstić information content (AvgIpc) is 2.61. The van der Waals surface area contributed by atoms with E-state index in [-0.39, 0.29) is 11.3 Å². The first-order valence-electron chi connectivity index (χ1n) is 6.89. The normalized spacial score (nSPS) is 22.8. The summed E-state index contributed by atoms with van der Waals surface area (Å²) in [5, 5.41) is 6.01. The van der Waals surface area contributed by atoms with Gasteiger partial charge in [0.25, 0.3) is 0 Å². The minimum absolute atomic E-state index is 0.219. The fourth-order valence-corrected chi connectivity index (χ4v) is 2.52. The molecule has 0 unspecified atom stereocenters. The highest BCUT2D eigenvalue weighted by Gasteiger charge is 2.33. The number of hydrogen-bond acceptors (Lipinski definition) is 3. The molecule has 0 spiro atoms. The Balaban J connectivity index is 1.78. The first-order valence-corrected chi connectivity index (χ1v) is 6.89. The third-order valence-corrected chi connectivity index (χ3v) is 4.06.